The Bertz CT molecular complexity index is 403. The monoisotopic (exact) mass is 256 g/mol. The lowest BCUT2D eigenvalue weighted by molar-refractivity contribution is -0.384. The van der Waals surface area contributed by atoms with Crippen molar-refractivity contribution in [2.75, 3.05) is 25.6 Å². The van der Waals surface area contributed by atoms with E-state index in [2.05, 4.69) is 10.4 Å². The van der Waals surface area contributed by atoms with E-state index in [1.165, 1.54) is 4.68 Å². The van der Waals surface area contributed by atoms with Gasteiger partial charge in [-0.1, -0.05) is 13.3 Å². The van der Waals surface area contributed by atoms with Crippen LogP contribution in [0.5, 0.6) is 0 Å². The minimum Gasteiger partial charge on any atom is -0.385 e. The number of aryl methyl sites for hydroxylation is 2. The number of hydrogen-bond donors (Lipinski definition) is 1. The normalized spacial score (nSPS) is 10.6. The van der Waals surface area contributed by atoms with Gasteiger partial charge in [-0.25, -0.2) is 4.68 Å². The van der Waals surface area contributed by atoms with Crippen LogP contribution in [0.4, 0.5) is 11.5 Å². The number of ether oxygens (including phenoxy) is 1. The van der Waals surface area contributed by atoms with Gasteiger partial charge >= 0.3 is 5.69 Å². The van der Waals surface area contributed by atoms with Crippen LogP contribution in [0.1, 0.15) is 25.5 Å². The van der Waals surface area contributed by atoms with E-state index in [0.717, 1.165) is 12.8 Å². The summed E-state index contributed by atoms with van der Waals surface area (Å²) in [5.74, 6) is 0.472. The van der Waals surface area contributed by atoms with E-state index >= 15 is 0 Å². The first-order valence-electron chi connectivity index (χ1n) is 6.04. The summed E-state index contributed by atoms with van der Waals surface area (Å²) >= 11 is 0. The lowest BCUT2D eigenvalue weighted by Crippen LogP contribution is -2.09. The van der Waals surface area contributed by atoms with E-state index in [1.54, 1.807) is 14.2 Å². The van der Waals surface area contributed by atoms with Crippen LogP contribution in [-0.4, -0.2) is 35.0 Å². The topological polar surface area (TPSA) is 82.2 Å². The predicted octanol–water partition coefficient (Wildman–Crippen LogP) is 1.73. The number of nitrogens with one attached hydrogen (secondary N) is 1. The molecule has 0 fully saturated rings. The van der Waals surface area contributed by atoms with E-state index < -0.39 is 0 Å². The van der Waals surface area contributed by atoms with Crippen LogP contribution >= 0.6 is 0 Å². The zero-order chi connectivity index (χ0) is 13.5. The van der Waals surface area contributed by atoms with Gasteiger partial charge in [-0.3, -0.25) is 10.1 Å². The maximum atomic E-state index is 11.1. The fourth-order valence-electron chi connectivity index (χ4n) is 1.79. The van der Waals surface area contributed by atoms with Crippen LogP contribution in [-0.2, 0) is 18.2 Å². The Balaban J connectivity index is 2.84. The molecule has 0 saturated carbocycles. The number of rotatable bonds is 8. The second kappa shape index (κ2) is 6.95. The number of hydrogen-bond acceptors (Lipinski definition) is 5. The summed E-state index contributed by atoms with van der Waals surface area (Å²) in [6.45, 7) is 3.23. The maximum Gasteiger partial charge on any atom is 0.333 e. The van der Waals surface area contributed by atoms with Crippen molar-refractivity contribution in [3.05, 3.63) is 15.8 Å². The minimum atomic E-state index is -0.364. The molecule has 7 nitrogen and oxygen atoms in total. The van der Waals surface area contributed by atoms with Crippen LogP contribution in [0, 0.1) is 10.1 Å². The van der Waals surface area contributed by atoms with E-state index in [9.17, 15) is 10.1 Å². The standard InChI is InChI=1S/C11H20N4O3/c1-4-6-9-10(15(16)17)11(14(2)13-9)12-7-5-8-18-3/h12H,4-8H2,1-3H3. The van der Waals surface area contributed by atoms with Crippen molar-refractivity contribution in [1.29, 1.82) is 0 Å². The number of nitrogens with zero attached hydrogens (tertiary/aromatic N) is 3. The fraction of sp³-hybridized carbons (Fsp3) is 0.727. The molecule has 102 valence electrons. The highest BCUT2D eigenvalue weighted by atomic mass is 16.6. The Hall–Kier alpha value is -1.63. The third-order valence-electron chi connectivity index (χ3n) is 2.58. The lowest BCUT2D eigenvalue weighted by Gasteiger charge is -2.05. The van der Waals surface area contributed by atoms with Gasteiger partial charge < -0.3 is 10.1 Å². The van der Waals surface area contributed by atoms with Gasteiger partial charge in [0.25, 0.3) is 0 Å². The second-order valence-corrected chi connectivity index (χ2v) is 4.05. The van der Waals surface area contributed by atoms with Crippen LogP contribution in [0.15, 0.2) is 0 Å². The molecule has 0 spiro atoms. The Morgan fingerprint density at radius 1 is 1.56 bits per heavy atom. The number of anilines is 1. The molecule has 0 atom stereocenters. The average molecular weight is 256 g/mol. The van der Waals surface area contributed by atoms with Crippen molar-refractivity contribution in [3.63, 3.8) is 0 Å². The maximum absolute atomic E-state index is 11.1. The molecule has 0 amide bonds. The molecule has 0 aliphatic rings. The number of methoxy groups -OCH3 is 1. The minimum absolute atomic E-state index is 0.0942. The summed E-state index contributed by atoms with van der Waals surface area (Å²) in [6.07, 6.45) is 2.24. The summed E-state index contributed by atoms with van der Waals surface area (Å²) in [4.78, 5) is 10.7. The Morgan fingerprint density at radius 2 is 2.28 bits per heavy atom. The van der Waals surface area contributed by atoms with Gasteiger partial charge in [0.15, 0.2) is 0 Å². The van der Waals surface area contributed by atoms with E-state index in [4.69, 9.17) is 4.74 Å². The fourth-order valence-corrected chi connectivity index (χ4v) is 1.79. The summed E-state index contributed by atoms with van der Waals surface area (Å²) in [5.41, 5.74) is 0.635. The average Bonchev–Trinajstić information content (AvgIpc) is 2.62. The molecular weight excluding hydrogens is 236 g/mol. The highest BCUT2D eigenvalue weighted by Gasteiger charge is 2.25. The molecule has 0 aliphatic heterocycles. The molecule has 1 aromatic heterocycles. The van der Waals surface area contributed by atoms with Gasteiger partial charge in [0.2, 0.25) is 5.82 Å². The van der Waals surface area contributed by atoms with Gasteiger partial charge in [0.05, 0.1) is 4.92 Å². The summed E-state index contributed by atoms with van der Waals surface area (Å²) in [7, 11) is 3.34. The Morgan fingerprint density at radius 3 is 2.83 bits per heavy atom. The van der Waals surface area contributed by atoms with Gasteiger partial charge in [0.1, 0.15) is 5.69 Å². The van der Waals surface area contributed by atoms with Crippen molar-refractivity contribution >= 4 is 11.5 Å². The quantitative estimate of drug-likeness (QED) is 0.435. The third-order valence-corrected chi connectivity index (χ3v) is 2.58. The van der Waals surface area contributed by atoms with Crippen molar-refractivity contribution in [2.24, 2.45) is 7.05 Å². The molecule has 0 radical (unpaired) electrons. The molecule has 0 aromatic carbocycles. The Kier molecular flexibility index (Phi) is 5.57. The smallest absolute Gasteiger partial charge is 0.333 e. The second-order valence-electron chi connectivity index (χ2n) is 4.05. The van der Waals surface area contributed by atoms with E-state index in [-0.39, 0.29) is 10.6 Å². The predicted molar refractivity (Wildman–Crippen MR) is 68.8 cm³/mol. The molecule has 1 heterocycles. The summed E-state index contributed by atoms with van der Waals surface area (Å²) in [6, 6.07) is 0. The third kappa shape index (κ3) is 3.43. The first kappa shape index (κ1) is 14.4. The molecule has 1 rings (SSSR count). The van der Waals surface area contributed by atoms with Crippen LogP contribution in [0.25, 0.3) is 0 Å². The zero-order valence-corrected chi connectivity index (χ0v) is 11.1. The molecule has 0 unspecified atom stereocenters. The van der Waals surface area contributed by atoms with Crippen molar-refractivity contribution in [3.8, 4) is 0 Å². The zero-order valence-electron chi connectivity index (χ0n) is 11.1. The van der Waals surface area contributed by atoms with Crippen molar-refractivity contribution < 1.29 is 9.66 Å². The largest absolute Gasteiger partial charge is 0.385 e. The molecular formula is C11H20N4O3. The van der Waals surface area contributed by atoms with Gasteiger partial charge in [-0.15, -0.1) is 0 Å². The molecule has 0 bridgehead atoms. The highest BCUT2D eigenvalue weighted by molar-refractivity contribution is 5.59. The first-order valence-corrected chi connectivity index (χ1v) is 6.04. The molecule has 7 heteroatoms. The summed E-state index contributed by atoms with van der Waals surface area (Å²) < 4.78 is 6.47. The summed E-state index contributed by atoms with van der Waals surface area (Å²) in [5, 5.41) is 18.4. The van der Waals surface area contributed by atoms with Crippen LogP contribution in [0.3, 0.4) is 0 Å². The Labute approximate surface area is 106 Å². The van der Waals surface area contributed by atoms with E-state index in [0.29, 0.717) is 31.1 Å². The molecule has 0 saturated heterocycles. The molecule has 18 heavy (non-hydrogen) atoms. The SMILES string of the molecule is CCCc1nn(C)c(NCCCOC)c1[N+](=O)[O-]. The van der Waals surface area contributed by atoms with Crippen LogP contribution < -0.4 is 5.32 Å². The number of aromatic nitrogens is 2. The molecule has 1 aromatic rings. The molecule has 0 aliphatic carbocycles. The van der Waals surface area contributed by atoms with Gasteiger partial charge in [-0.2, -0.15) is 5.10 Å². The first-order chi connectivity index (χ1) is 8.61. The van der Waals surface area contributed by atoms with E-state index in [1.807, 2.05) is 6.92 Å². The van der Waals surface area contributed by atoms with Crippen LogP contribution in [0.2, 0.25) is 0 Å². The van der Waals surface area contributed by atoms with Gasteiger partial charge in [0, 0.05) is 27.3 Å². The highest BCUT2D eigenvalue weighted by Crippen LogP contribution is 2.28. The van der Waals surface area contributed by atoms with Crippen molar-refractivity contribution in [1.82, 2.24) is 9.78 Å². The molecule has 1 N–H and O–H groups in total. The number of nitro groups is 1. The van der Waals surface area contributed by atoms with Crippen molar-refractivity contribution in [2.45, 2.75) is 26.2 Å². The lowest BCUT2D eigenvalue weighted by atomic mass is 10.2. The van der Waals surface area contributed by atoms with Gasteiger partial charge in [-0.05, 0) is 12.8 Å².